The molecule has 0 bridgehead atoms. The number of carbonyl (C=O) groups is 2. The van der Waals surface area contributed by atoms with Gasteiger partial charge in [-0.15, -0.1) is 0 Å². The summed E-state index contributed by atoms with van der Waals surface area (Å²) in [5.41, 5.74) is 3.70. The van der Waals surface area contributed by atoms with Crippen LogP contribution in [0.25, 0.3) is 33.7 Å². The zero-order valence-electron chi connectivity index (χ0n) is 24.4. The fraction of sp³-hybridized carbons (Fsp3) is 0.344. The Morgan fingerprint density at radius 3 is 2.48 bits per heavy atom. The second-order valence-corrected chi connectivity index (χ2v) is 11.4. The van der Waals surface area contributed by atoms with Crippen molar-refractivity contribution in [2.45, 2.75) is 45.3 Å². The number of fused-ring (bicyclic) bond motifs is 1. The van der Waals surface area contributed by atoms with Crippen molar-refractivity contribution in [1.29, 1.82) is 5.26 Å². The summed E-state index contributed by atoms with van der Waals surface area (Å²) in [5.74, 6) is 0.889. The summed E-state index contributed by atoms with van der Waals surface area (Å²) in [6, 6.07) is 14.8. The van der Waals surface area contributed by atoms with Crippen LogP contribution in [0.4, 0.5) is 4.79 Å². The van der Waals surface area contributed by atoms with Gasteiger partial charge in [-0.3, -0.25) is 14.8 Å². The van der Waals surface area contributed by atoms with Crippen molar-refractivity contribution < 1.29 is 23.5 Å². The van der Waals surface area contributed by atoms with Crippen molar-refractivity contribution in [2.24, 2.45) is 0 Å². The van der Waals surface area contributed by atoms with Crippen LogP contribution in [0.5, 0.6) is 5.75 Å². The molecule has 4 heterocycles. The first-order chi connectivity index (χ1) is 20.0. The van der Waals surface area contributed by atoms with Crippen molar-refractivity contribution in [3.05, 3.63) is 66.0 Å². The highest BCUT2D eigenvalue weighted by Gasteiger charge is 2.28. The van der Waals surface area contributed by atoms with Gasteiger partial charge >= 0.3 is 6.09 Å². The Hall–Kier alpha value is -4.91. The van der Waals surface area contributed by atoms with E-state index in [9.17, 15) is 14.9 Å². The van der Waals surface area contributed by atoms with Crippen LogP contribution in [-0.2, 0) is 4.74 Å². The smallest absolute Gasteiger partial charge is 0.410 e. The number of hydrogen-bond donors (Lipinski definition) is 0. The topological polar surface area (TPSA) is 122 Å². The van der Waals surface area contributed by atoms with Crippen LogP contribution in [0, 0.1) is 11.3 Å². The second kappa shape index (κ2) is 11.5. The highest BCUT2D eigenvalue weighted by Crippen LogP contribution is 2.35. The van der Waals surface area contributed by atoms with Crippen LogP contribution in [0.1, 0.15) is 49.5 Å². The van der Waals surface area contributed by atoms with Crippen molar-refractivity contribution in [1.82, 2.24) is 19.8 Å². The molecule has 10 heteroatoms. The minimum absolute atomic E-state index is 0.117. The van der Waals surface area contributed by atoms with Gasteiger partial charge in [0.2, 0.25) is 0 Å². The van der Waals surface area contributed by atoms with E-state index in [1.165, 1.54) is 11.1 Å². The van der Waals surface area contributed by atoms with Crippen molar-refractivity contribution >= 4 is 23.1 Å². The van der Waals surface area contributed by atoms with E-state index in [4.69, 9.17) is 13.9 Å². The summed E-state index contributed by atoms with van der Waals surface area (Å²) >= 11 is 0. The first-order valence-corrected chi connectivity index (χ1v) is 13.8. The van der Waals surface area contributed by atoms with Gasteiger partial charge < -0.3 is 23.7 Å². The molecule has 4 aromatic rings. The maximum Gasteiger partial charge on any atom is 0.410 e. The number of benzene rings is 1. The largest absolute Gasteiger partial charge is 0.489 e. The molecule has 10 nitrogen and oxygen atoms in total. The maximum absolute atomic E-state index is 12.4. The van der Waals surface area contributed by atoms with Gasteiger partial charge in [0.05, 0.1) is 11.1 Å². The molecule has 0 N–H and O–H groups in total. The highest BCUT2D eigenvalue weighted by molar-refractivity contribution is 5.94. The number of carbonyl (C=O) groups excluding carboxylic acids is 2. The third-order valence-electron chi connectivity index (χ3n) is 6.88. The predicted molar refractivity (Wildman–Crippen MR) is 157 cm³/mol. The van der Waals surface area contributed by atoms with E-state index >= 15 is 0 Å². The van der Waals surface area contributed by atoms with Crippen LogP contribution in [0.2, 0.25) is 0 Å². The molecule has 1 aromatic carbocycles. The molecule has 1 aliphatic heterocycles. The molecular weight excluding hydrogens is 534 g/mol. The van der Waals surface area contributed by atoms with E-state index in [2.05, 4.69) is 16.0 Å². The number of hydrogen-bond acceptors (Lipinski definition) is 8. The summed E-state index contributed by atoms with van der Waals surface area (Å²) in [6.07, 6.45) is 4.07. The predicted octanol–water partition coefficient (Wildman–Crippen LogP) is 5.91. The van der Waals surface area contributed by atoms with Crippen molar-refractivity contribution in [2.75, 3.05) is 27.2 Å². The molecule has 0 radical (unpaired) electrons. The van der Waals surface area contributed by atoms with Crippen LogP contribution in [-0.4, -0.2) is 70.7 Å². The molecule has 0 spiro atoms. The molecule has 2 amide bonds. The van der Waals surface area contributed by atoms with Crippen LogP contribution in [0.15, 0.2) is 59.3 Å². The summed E-state index contributed by atoms with van der Waals surface area (Å²) in [6.45, 7) is 6.60. The normalized spacial score (nSPS) is 14.0. The number of aromatic nitrogens is 2. The van der Waals surface area contributed by atoms with Gasteiger partial charge in [0.15, 0.2) is 11.3 Å². The Morgan fingerprint density at radius 1 is 1.07 bits per heavy atom. The number of furan rings is 1. The fourth-order valence-corrected chi connectivity index (χ4v) is 4.77. The van der Waals surface area contributed by atoms with Crippen LogP contribution < -0.4 is 4.74 Å². The lowest BCUT2D eigenvalue weighted by Gasteiger charge is -2.33. The molecule has 0 atom stereocenters. The lowest BCUT2D eigenvalue weighted by atomic mass is 10.0. The lowest BCUT2D eigenvalue weighted by molar-refractivity contribution is 0.0126. The number of amides is 2. The van der Waals surface area contributed by atoms with Gasteiger partial charge in [0, 0.05) is 64.1 Å². The van der Waals surface area contributed by atoms with Gasteiger partial charge in [0.1, 0.15) is 34.7 Å². The van der Waals surface area contributed by atoms with E-state index in [-0.39, 0.29) is 18.1 Å². The third kappa shape index (κ3) is 6.20. The van der Waals surface area contributed by atoms with Crippen LogP contribution in [0.3, 0.4) is 0 Å². The molecule has 1 fully saturated rings. The van der Waals surface area contributed by atoms with E-state index in [1.807, 2.05) is 32.9 Å². The fourth-order valence-electron chi connectivity index (χ4n) is 4.77. The van der Waals surface area contributed by atoms with Gasteiger partial charge in [-0.1, -0.05) is 6.07 Å². The van der Waals surface area contributed by atoms with Gasteiger partial charge in [-0.25, -0.2) is 4.79 Å². The number of nitrogens with zero attached hydrogens (tertiary/aromatic N) is 5. The van der Waals surface area contributed by atoms with E-state index < -0.39 is 5.60 Å². The Balaban J connectivity index is 1.33. The first-order valence-electron chi connectivity index (χ1n) is 13.8. The lowest BCUT2D eigenvalue weighted by Crippen LogP contribution is -2.44. The summed E-state index contributed by atoms with van der Waals surface area (Å²) in [5, 5.41) is 9.93. The molecule has 1 aliphatic rings. The molecule has 0 saturated carbocycles. The quantitative estimate of drug-likeness (QED) is 0.292. The Bertz CT molecular complexity index is 1660. The SMILES string of the molecule is CN(C)C(=O)c1ccc(-c2cc3nccc(-c4ccc(OC5CCN(C(=O)OC(C)(C)C)CC5)c(C#N)c4)c3o2)nc1. The van der Waals surface area contributed by atoms with E-state index in [0.717, 1.165) is 11.1 Å². The minimum atomic E-state index is -0.540. The van der Waals surface area contributed by atoms with Gasteiger partial charge in [-0.05, 0) is 56.7 Å². The van der Waals surface area contributed by atoms with Crippen molar-refractivity contribution in [3.63, 3.8) is 0 Å². The van der Waals surface area contributed by atoms with Gasteiger partial charge in [0.25, 0.3) is 5.91 Å². The summed E-state index contributed by atoms with van der Waals surface area (Å²) in [4.78, 5) is 36.6. The Labute approximate surface area is 244 Å². The number of pyridine rings is 2. The Morgan fingerprint density at radius 2 is 1.83 bits per heavy atom. The maximum atomic E-state index is 12.4. The summed E-state index contributed by atoms with van der Waals surface area (Å²) in [7, 11) is 3.38. The zero-order chi connectivity index (χ0) is 30.0. The van der Waals surface area contributed by atoms with Crippen LogP contribution >= 0.6 is 0 Å². The zero-order valence-corrected chi connectivity index (χ0v) is 24.4. The number of rotatable bonds is 5. The standard InChI is InChI=1S/C32H33N5O5/c1-32(2,3)42-31(39)37-14-11-23(12-15-37)40-27-9-7-20(16-22(27)18-33)24-10-13-34-26-17-28(41-29(24)26)25-8-6-21(19-35-25)30(38)36(4)5/h6-10,13,16-17,19,23H,11-12,14-15H2,1-5H3. The van der Waals surface area contributed by atoms with E-state index in [1.54, 1.807) is 55.5 Å². The number of piperidine rings is 1. The summed E-state index contributed by atoms with van der Waals surface area (Å²) < 4.78 is 17.9. The molecule has 3 aromatic heterocycles. The molecule has 216 valence electrons. The first kappa shape index (κ1) is 28.6. The molecule has 5 rings (SSSR count). The minimum Gasteiger partial charge on any atom is -0.489 e. The highest BCUT2D eigenvalue weighted by atomic mass is 16.6. The second-order valence-electron chi connectivity index (χ2n) is 11.4. The van der Waals surface area contributed by atoms with Crippen molar-refractivity contribution in [3.8, 4) is 34.4 Å². The molecular formula is C32H33N5O5. The number of nitriles is 1. The number of likely N-dealkylation sites (tertiary alicyclic amines) is 1. The molecule has 1 saturated heterocycles. The average Bonchev–Trinajstić information content (AvgIpc) is 3.41. The average molecular weight is 568 g/mol. The molecule has 42 heavy (non-hydrogen) atoms. The van der Waals surface area contributed by atoms with E-state index in [0.29, 0.717) is 65.4 Å². The number of ether oxygens (including phenoxy) is 2. The molecule has 0 unspecified atom stereocenters. The Kier molecular flexibility index (Phi) is 7.85. The molecule has 0 aliphatic carbocycles. The third-order valence-corrected chi connectivity index (χ3v) is 6.88. The van der Waals surface area contributed by atoms with Gasteiger partial charge in [-0.2, -0.15) is 5.26 Å². The monoisotopic (exact) mass is 567 g/mol.